The number of hydrogen-bond donors (Lipinski definition) is 1. The fourth-order valence-electron chi connectivity index (χ4n) is 1.56. The van der Waals surface area contributed by atoms with E-state index in [1.807, 2.05) is 18.2 Å². The first-order valence-electron chi connectivity index (χ1n) is 5.23. The molecule has 0 saturated carbocycles. The van der Waals surface area contributed by atoms with Crippen LogP contribution in [-0.2, 0) is 6.42 Å². The van der Waals surface area contributed by atoms with Gasteiger partial charge in [0.2, 0.25) is 0 Å². The van der Waals surface area contributed by atoms with Gasteiger partial charge in [0, 0.05) is 11.1 Å². The fraction of sp³-hybridized carbons (Fsp3) is 0.500. The molecule has 0 spiro atoms. The second-order valence-corrected chi connectivity index (χ2v) is 4.09. The van der Waals surface area contributed by atoms with Gasteiger partial charge in [-0.15, -0.1) is 0 Å². The zero-order valence-electron chi connectivity index (χ0n) is 8.67. The molecule has 2 heteroatoms. The topological polar surface area (TPSA) is 26.0 Å². The predicted molar refractivity (Wildman–Crippen MR) is 62.7 cm³/mol. The van der Waals surface area contributed by atoms with Gasteiger partial charge in [0.05, 0.1) is 0 Å². The van der Waals surface area contributed by atoms with E-state index in [0.717, 1.165) is 30.7 Å². The van der Waals surface area contributed by atoms with E-state index < -0.39 is 0 Å². The zero-order valence-corrected chi connectivity index (χ0v) is 9.43. The quantitative estimate of drug-likeness (QED) is 0.794. The molecule has 0 aliphatic rings. The summed E-state index contributed by atoms with van der Waals surface area (Å²) in [6.07, 6.45) is 4.27. The summed E-state index contributed by atoms with van der Waals surface area (Å²) < 4.78 is 0. The number of nitrogens with two attached hydrogens (primary N) is 1. The Labute approximate surface area is 91.3 Å². The molecule has 0 radical (unpaired) electrons. The Kier molecular flexibility index (Phi) is 4.99. The highest BCUT2D eigenvalue weighted by molar-refractivity contribution is 6.31. The largest absolute Gasteiger partial charge is 0.328 e. The molecule has 0 amide bonds. The highest BCUT2D eigenvalue weighted by atomic mass is 35.5. The number of halogens is 1. The molecular formula is C12H18ClN. The van der Waals surface area contributed by atoms with Gasteiger partial charge < -0.3 is 5.73 Å². The SMILES string of the molecule is CCCC(N)CCc1ccccc1Cl. The molecule has 0 aliphatic heterocycles. The lowest BCUT2D eigenvalue weighted by Gasteiger charge is -2.10. The maximum absolute atomic E-state index is 6.04. The van der Waals surface area contributed by atoms with Crippen molar-refractivity contribution in [3.63, 3.8) is 0 Å². The molecule has 1 aromatic carbocycles. The normalized spacial score (nSPS) is 12.8. The van der Waals surface area contributed by atoms with Gasteiger partial charge in [-0.25, -0.2) is 0 Å². The number of hydrogen-bond acceptors (Lipinski definition) is 1. The molecule has 0 saturated heterocycles. The molecule has 1 atom stereocenters. The monoisotopic (exact) mass is 211 g/mol. The highest BCUT2D eigenvalue weighted by Gasteiger charge is 2.03. The van der Waals surface area contributed by atoms with Crippen molar-refractivity contribution >= 4 is 11.6 Å². The van der Waals surface area contributed by atoms with Crippen molar-refractivity contribution in [1.29, 1.82) is 0 Å². The van der Waals surface area contributed by atoms with Crippen molar-refractivity contribution < 1.29 is 0 Å². The van der Waals surface area contributed by atoms with Crippen LogP contribution in [0.2, 0.25) is 5.02 Å². The summed E-state index contributed by atoms with van der Waals surface area (Å²) in [5.74, 6) is 0. The first kappa shape index (κ1) is 11.5. The third kappa shape index (κ3) is 3.69. The summed E-state index contributed by atoms with van der Waals surface area (Å²) in [6, 6.07) is 8.30. The van der Waals surface area contributed by atoms with Gasteiger partial charge in [-0.1, -0.05) is 43.1 Å². The van der Waals surface area contributed by atoms with Crippen molar-refractivity contribution in [2.24, 2.45) is 5.73 Å². The fourth-order valence-corrected chi connectivity index (χ4v) is 1.79. The second-order valence-electron chi connectivity index (χ2n) is 3.68. The van der Waals surface area contributed by atoms with E-state index in [0.29, 0.717) is 6.04 Å². The molecule has 1 rings (SSSR count). The Hall–Kier alpha value is -0.530. The van der Waals surface area contributed by atoms with Crippen LogP contribution in [0.15, 0.2) is 24.3 Å². The Morgan fingerprint density at radius 1 is 1.29 bits per heavy atom. The predicted octanol–water partition coefficient (Wildman–Crippen LogP) is 3.40. The van der Waals surface area contributed by atoms with Crippen molar-refractivity contribution in [3.05, 3.63) is 34.9 Å². The lowest BCUT2D eigenvalue weighted by Crippen LogP contribution is -2.20. The maximum Gasteiger partial charge on any atom is 0.0437 e. The zero-order chi connectivity index (χ0) is 10.4. The van der Waals surface area contributed by atoms with E-state index in [4.69, 9.17) is 17.3 Å². The van der Waals surface area contributed by atoms with Crippen molar-refractivity contribution in [1.82, 2.24) is 0 Å². The molecule has 1 nitrogen and oxygen atoms in total. The van der Waals surface area contributed by atoms with Crippen LogP contribution in [0.5, 0.6) is 0 Å². The minimum atomic E-state index is 0.316. The van der Waals surface area contributed by atoms with Crippen LogP contribution in [0, 0.1) is 0 Å². The Morgan fingerprint density at radius 2 is 2.00 bits per heavy atom. The number of aryl methyl sites for hydroxylation is 1. The first-order chi connectivity index (χ1) is 6.74. The Balaban J connectivity index is 2.41. The molecule has 1 aromatic rings. The standard InChI is InChI=1S/C12H18ClN/c1-2-5-11(14)9-8-10-6-3-4-7-12(10)13/h3-4,6-7,11H,2,5,8-9,14H2,1H3. The van der Waals surface area contributed by atoms with E-state index in [1.54, 1.807) is 0 Å². The number of benzene rings is 1. The molecule has 14 heavy (non-hydrogen) atoms. The molecule has 0 aromatic heterocycles. The van der Waals surface area contributed by atoms with E-state index in [9.17, 15) is 0 Å². The third-order valence-corrected chi connectivity index (χ3v) is 2.77. The van der Waals surface area contributed by atoms with E-state index in [2.05, 4.69) is 13.0 Å². The van der Waals surface area contributed by atoms with Gasteiger partial charge >= 0.3 is 0 Å². The molecule has 0 fully saturated rings. The molecule has 1 unspecified atom stereocenters. The summed E-state index contributed by atoms with van der Waals surface area (Å²) in [7, 11) is 0. The Morgan fingerprint density at radius 3 is 2.64 bits per heavy atom. The van der Waals surface area contributed by atoms with Crippen LogP contribution in [0.4, 0.5) is 0 Å². The smallest absolute Gasteiger partial charge is 0.0437 e. The van der Waals surface area contributed by atoms with Crippen molar-refractivity contribution in [3.8, 4) is 0 Å². The van der Waals surface area contributed by atoms with Gasteiger partial charge in [-0.3, -0.25) is 0 Å². The summed E-state index contributed by atoms with van der Waals surface area (Å²) in [5, 5.41) is 0.858. The molecule has 2 N–H and O–H groups in total. The number of rotatable bonds is 5. The van der Waals surface area contributed by atoms with Crippen LogP contribution in [-0.4, -0.2) is 6.04 Å². The van der Waals surface area contributed by atoms with E-state index >= 15 is 0 Å². The van der Waals surface area contributed by atoms with Gasteiger partial charge in [0.15, 0.2) is 0 Å². The lowest BCUT2D eigenvalue weighted by molar-refractivity contribution is 0.561. The lowest BCUT2D eigenvalue weighted by atomic mass is 10.0. The van der Waals surface area contributed by atoms with Crippen LogP contribution in [0.25, 0.3) is 0 Å². The summed E-state index contributed by atoms with van der Waals surface area (Å²) >= 11 is 6.04. The first-order valence-corrected chi connectivity index (χ1v) is 5.60. The van der Waals surface area contributed by atoms with Gasteiger partial charge in [-0.2, -0.15) is 0 Å². The van der Waals surface area contributed by atoms with E-state index in [-0.39, 0.29) is 0 Å². The summed E-state index contributed by atoms with van der Waals surface area (Å²) in [4.78, 5) is 0. The van der Waals surface area contributed by atoms with Gasteiger partial charge in [0.1, 0.15) is 0 Å². The summed E-state index contributed by atoms with van der Waals surface area (Å²) in [5.41, 5.74) is 7.15. The molecule has 0 aliphatic carbocycles. The molecule has 0 heterocycles. The van der Waals surface area contributed by atoms with Crippen LogP contribution >= 0.6 is 11.6 Å². The van der Waals surface area contributed by atoms with Crippen LogP contribution < -0.4 is 5.73 Å². The molecule has 0 bridgehead atoms. The third-order valence-electron chi connectivity index (χ3n) is 2.40. The maximum atomic E-state index is 6.04. The van der Waals surface area contributed by atoms with Crippen LogP contribution in [0.3, 0.4) is 0 Å². The summed E-state index contributed by atoms with van der Waals surface area (Å²) in [6.45, 7) is 2.16. The minimum absolute atomic E-state index is 0.316. The average molecular weight is 212 g/mol. The molecule has 78 valence electrons. The Bertz CT molecular complexity index is 273. The highest BCUT2D eigenvalue weighted by Crippen LogP contribution is 2.17. The average Bonchev–Trinajstić information content (AvgIpc) is 2.17. The minimum Gasteiger partial charge on any atom is -0.328 e. The van der Waals surface area contributed by atoms with Gasteiger partial charge in [-0.05, 0) is 30.9 Å². The van der Waals surface area contributed by atoms with Gasteiger partial charge in [0.25, 0.3) is 0 Å². The molecular weight excluding hydrogens is 194 g/mol. The second kappa shape index (κ2) is 6.05. The van der Waals surface area contributed by atoms with E-state index in [1.165, 1.54) is 5.56 Å². The van der Waals surface area contributed by atoms with Crippen molar-refractivity contribution in [2.75, 3.05) is 0 Å². The van der Waals surface area contributed by atoms with Crippen molar-refractivity contribution in [2.45, 2.75) is 38.6 Å². The van der Waals surface area contributed by atoms with Crippen LogP contribution in [0.1, 0.15) is 31.7 Å².